The lowest BCUT2D eigenvalue weighted by Crippen LogP contribution is -2.17. The Kier molecular flexibility index (Phi) is 3.54. The number of rotatable bonds is 2. The average Bonchev–Trinajstić information content (AvgIpc) is 2.62. The molecule has 3 heteroatoms. The smallest absolute Gasteiger partial charge is 0.274 e. The number of pyridine rings is 1. The molecule has 1 N–H and O–H groups in total. The summed E-state index contributed by atoms with van der Waals surface area (Å²) in [4.78, 5) is 16.7. The molecule has 0 fully saturated rings. The summed E-state index contributed by atoms with van der Waals surface area (Å²) in [5.74, 6) is -0.144. The van der Waals surface area contributed by atoms with Crippen molar-refractivity contribution in [2.45, 2.75) is 25.7 Å². The first kappa shape index (κ1) is 13.9. The number of nitrogens with one attached hydrogen (secondary N) is 1. The maximum Gasteiger partial charge on any atom is 0.274 e. The molecule has 0 unspecified atom stereocenters. The van der Waals surface area contributed by atoms with E-state index in [1.54, 1.807) is 12.3 Å². The van der Waals surface area contributed by atoms with Crippen LogP contribution in [0.3, 0.4) is 0 Å². The summed E-state index contributed by atoms with van der Waals surface area (Å²) >= 11 is 0. The molecule has 2 aromatic carbocycles. The van der Waals surface area contributed by atoms with E-state index < -0.39 is 0 Å². The van der Waals surface area contributed by atoms with E-state index >= 15 is 0 Å². The zero-order chi connectivity index (χ0) is 15.6. The van der Waals surface area contributed by atoms with Crippen LogP contribution in [-0.4, -0.2) is 10.9 Å². The van der Waals surface area contributed by atoms with Gasteiger partial charge in [-0.15, -0.1) is 0 Å². The van der Waals surface area contributed by atoms with Crippen molar-refractivity contribution in [3.05, 3.63) is 71.5 Å². The minimum Gasteiger partial charge on any atom is -0.320 e. The summed E-state index contributed by atoms with van der Waals surface area (Å²) in [6.45, 7) is 0. The predicted molar refractivity (Wildman–Crippen MR) is 92.8 cm³/mol. The number of carbonyl (C=O) groups is 1. The second kappa shape index (κ2) is 5.84. The van der Waals surface area contributed by atoms with Gasteiger partial charge in [-0.3, -0.25) is 9.78 Å². The van der Waals surface area contributed by atoms with Gasteiger partial charge in [0, 0.05) is 11.6 Å². The lowest BCUT2D eigenvalue weighted by Gasteiger charge is -2.22. The lowest BCUT2D eigenvalue weighted by molar-refractivity contribution is 0.102. The van der Waals surface area contributed by atoms with Gasteiger partial charge in [-0.1, -0.05) is 36.4 Å². The van der Waals surface area contributed by atoms with Crippen molar-refractivity contribution in [2.75, 3.05) is 5.32 Å². The van der Waals surface area contributed by atoms with Gasteiger partial charge in [0.25, 0.3) is 5.91 Å². The molecule has 0 bridgehead atoms. The molecule has 3 aromatic rings. The monoisotopic (exact) mass is 302 g/mol. The summed E-state index contributed by atoms with van der Waals surface area (Å²) in [6.07, 6.45) is 6.16. The number of hydrogen-bond acceptors (Lipinski definition) is 2. The van der Waals surface area contributed by atoms with Crippen molar-refractivity contribution in [1.82, 2.24) is 4.98 Å². The molecule has 3 nitrogen and oxygen atoms in total. The zero-order valence-corrected chi connectivity index (χ0v) is 12.9. The van der Waals surface area contributed by atoms with Gasteiger partial charge in [-0.25, -0.2) is 0 Å². The van der Waals surface area contributed by atoms with E-state index in [1.807, 2.05) is 24.3 Å². The number of aromatic nitrogens is 1. The van der Waals surface area contributed by atoms with Gasteiger partial charge in [0.05, 0.1) is 5.69 Å². The molecule has 0 atom stereocenters. The Hall–Kier alpha value is -2.68. The highest BCUT2D eigenvalue weighted by atomic mass is 16.1. The summed E-state index contributed by atoms with van der Waals surface area (Å²) in [5.41, 5.74) is 4.07. The number of amides is 1. The third kappa shape index (κ3) is 2.59. The van der Waals surface area contributed by atoms with Crippen molar-refractivity contribution in [3.63, 3.8) is 0 Å². The molecule has 0 spiro atoms. The molecule has 23 heavy (non-hydrogen) atoms. The summed E-state index contributed by atoms with van der Waals surface area (Å²) < 4.78 is 0. The highest BCUT2D eigenvalue weighted by Crippen LogP contribution is 2.35. The molecule has 1 amide bonds. The van der Waals surface area contributed by atoms with Crippen molar-refractivity contribution in [1.29, 1.82) is 0 Å². The van der Waals surface area contributed by atoms with Crippen molar-refractivity contribution < 1.29 is 4.79 Å². The van der Waals surface area contributed by atoms with E-state index in [2.05, 4.69) is 28.5 Å². The first-order valence-corrected chi connectivity index (χ1v) is 8.09. The van der Waals surface area contributed by atoms with Crippen LogP contribution in [0, 0.1) is 0 Å². The quantitative estimate of drug-likeness (QED) is 0.764. The van der Waals surface area contributed by atoms with Gasteiger partial charge in [-0.05, 0) is 54.3 Å². The number of carbonyl (C=O) groups excluding carboxylic acids is 1. The van der Waals surface area contributed by atoms with Crippen LogP contribution in [-0.2, 0) is 12.8 Å². The molecular formula is C20H18N2O. The van der Waals surface area contributed by atoms with Crippen LogP contribution in [0.25, 0.3) is 10.8 Å². The third-order valence-corrected chi connectivity index (χ3v) is 4.51. The molecule has 1 aliphatic carbocycles. The molecule has 1 aliphatic rings. The van der Waals surface area contributed by atoms with Gasteiger partial charge >= 0.3 is 0 Å². The summed E-state index contributed by atoms with van der Waals surface area (Å²) in [6, 6.07) is 15.9. The van der Waals surface area contributed by atoms with Crippen LogP contribution in [0.15, 0.2) is 54.7 Å². The molecular weight excluding hydrogens is 284 g/mol. The van der Waals surface area contributed by atoms with E-state index in [4.69, 9.17) is 0 Å². The highest BCUT2D eigenvalue weighted by Gasteiger charge is 2.18. The minimum atomic E-state index is -0.144. The fourth-order valence-electron chi connectivity index (χ4n) is 3.39. The second-order valence-electron chi connectivity index (χ2n) is 5.99. The first-order chi connectivity index (χ1) is 11.3. The Labute approximate surface area is 135 Å². The molecule has 1 aromatic heterocycles. The number of aryl methyl sites for hydroxylation is 1. The number of nitrogens with zero attached hydrogens (tertiary/aromatic N) is 1. The van der Waals surface area contributed by atoms with E-state index in [9.17, 15) is 4.79 Å². The Bertz CT molecular complexity index is 871. The van der Waals surface area contributed by atoms with E-state index in [0.29, 0.717) is 5.69 Å². The number of anilines is 1. The van der Waals surface area contributed by atoms with Crippen LogP contribution in [0.1, 0.15) is 34.5 Å². The minimum absolute atomic E-state index is 0.144. The fraction of sp³-hybridized carbons (Fsp3) is 0.200. The topological polar surface area (TPSA) is 42.0 Å². The predicted octanol–water partition coefficient (Wildman–Crippen LogP) is 4.37. The Balaban J connectivity index is 1.83. The van der Waals surface area contributed by atoms with Crippen molar-refractivity contribution in [3.8, 4) is 0 Å². The molecule has 0 radical (unpaired) electrons. The molecule has 1 heterocycles. The Morgan fingerprint density at radius 3 is 2.70 bits per heavy atom. The fourth-order valence-corrected chi connectivity index (χ4v) is 3.39. The number of benzene rings is 2. The second-order valence-corrected chi connectivity index (χ2v) is 5.99. The Morgan fingerprint density at radius 1 is 1.00 bits per heavy atom. The molecule has 114 valence electrons. The van der Waals surface area contributed by atoms with Crippen molar-refractivity contribution in [2.24, 2.45) is 0 Å². The zero-order valence-electron chi connectivity index (χ0n) is 12.9. The van der Waals surface area contributed by atoms with Gasteiger partial charge in [-0.2, -0.15) is 0 Å². The summed E-state index contributed by atoms with van der Waals surface area (Å²) in [7, 11) is 0. The van der Waals surface area contributed by atoms with Crippen LogP contribution in [0.5, 0.6) is 0 Å². The van der Waals surface area contributed by atoms with Gasteiger partial charge in [0.2, 0.25) is 0 Å². The summed E-state index contributed by atoms with van der Waals surface area (Å²) in [5, 5.41) is 5.42. The van der Waals surface area contributed by atoms with Crippen LogP contribution >= 0.6 is 0 Å². The normalized spacial score (nSPS) is 13.6. The third-order valence-electron chi connectivity index (χ3n) is 4.51. The molecule has 0 saturated heterocycles. The average molecular weight is 302 g/mol. The first-order valence-electron chi connectivity index (χ1n) is 8.09. The molecule has 0 saturated carbocycles. The van der Waals surface area contributed by atoms with Gasteiger partial charge in [0.15, 0.2) is 0 Å². The molecule has 0 aliphatic heterocycles. The van der Waals surface area contributed by atoms with Crippen LogP contribution in [0.2, 0.25) is 0 Å². The SMILES string of the molecule is O=C(Nc1c2c(cc3ccccc13)CCCC2)c1ccccn1. The van der Waals surface area contributed by atoms with Gasteiger partial charge in [0.1, 0.15) is 5.69 Å². The van der Waals surface area contributed by atoms with Gasteiger partial charge < -0.3 is 5.32 Å². The van der Waals surface area contributed by atoms with E-state index in [-0.39, 0.29) is 5.91 Å². The number of fused-ring (bicyclic) bond motifs is 2. The van der Waals surface area contributed by atoms with E-state index in [0.717, 1.165) is 23.9 Å². The van der Waals surface area contributed by atoms with Crippen LogP contribution in [0.4, 0.5) is 5.69 Å². The molecule has 4 rings (SSSR count). The van der Waals surface area contributed by atoms with E-state index in [1.165, 1.54) is 29.4 Å². The maximum absolute atomic E-state index is 12.6. The van der Waals surface area contributed by atoms with Crippen molar-refractivity contribution >= 4 is 22.4 Å². The number of hydrogen-bond donors (Lipinski definition) is 1. The largest absolute Gasteiger partial charge is 0.320 e. The lowest BCUT2D eigenvalue weighted by atomic mass is 9.87. The maximum atomic E-state index is 12.6. The highest BCUT2D eigenvalue weighted by molar-refractivity contribution is 6.09. The Morgan fingerprint density at radius 2 is 1.83 bits per heavy atom. The van der Waals surface area contributed by atoms with Crippen LogP contribution < -0.4 is 5.32 Å². The standard InChI is InChI=1S/C20H18N2O/c23-20(18-11-5-6-12-21-18)22-19-16-9-3-1-7-14(16)13-15-8-2-4-10-17(15)19/h1,3,5-7,9,11-13H,2,4,8,10H2,(H,22,23).